The molecule has 1 aromatic rings. The second kappa shape index (κ2) is 10.7. The van der Waals surface area contributed by atoms with Crippen LogP contribution >= 0.6 is 0 Å². The lowest BCUT2D eigenvalue weighted by Crippen LogP contribution is -2.70. The highest BCUT2D eigenvalue weighted by Gasteiger charge is 2.77. The van der Waals surface area contributed by atoms with Crippen LogP contribution in [0.3, 0.4) is 0 Å². The lowest BCUT2D eigenvalue weighted by atomic mass is 9.44. The molecule has 1 aromatic carbocycles. The van der Waals surface area contributed by atoms with Crippen LogP contribution in [0.25, 0.3) is 0 Å². The number of esters is 1. The third kappa shape index (κ3) is 4.34. The predicted octanol–water partition coefficient (Wildman–Crippen LogP) is 4.87. The minimum atomic E-state index is -2.11. The van der Waals surface area contributed by atoms with Crippen LogP contribution < -0.4 is 0 Å². The van der Waals surface area contributed by atoms with E-state index in [1.165, 1.54) is 12.2 Å². The van der Waals surface area contributed by atoms with E-state index in [2.05, 4.69) is 0 Å². The SMILES string of the molecule is CCOC(=O)O[C@]1(C(=O)COC(=O)Cc2ccccc2)[C@H](C)C[C@H]2[C@@H]3CCC4=CC(=O)C=C[C@]4(C)[C@@]3(F)[C@@H](O)C[C@@]21C. The zero-order chi connectivity index (χ0) is 30.5. The van der Waals surface area contributed by atoms with Gasteiger partial charge in [0.2, 0.25) is 5.78 Å². The number of alkyl halides is 1. The number of carbonyl (C=O) groups excluding carboxylic acids is 4. The molecule has 0 radical (unpaired) electrons. The van der Waals surface area contributed by atoms with E-state index in [0.717, 1.165) is 5.56 Å². The molecule has 4 aliphatic rings. The molecule has 0 heterocycles. The Bertz CT molecular complexity index is 1340. The first kappa shape index (κ1) is 30.1. The zero-order valence-corrected chi connectivity index (χ0v) is 24.6. The summed E-state index contributed by atoms with van der Waals surface area (Å²) in [5, 5.41) is 11.7. The third-order valence-corrected chi connectivity index (χ3v) is 10.7. The number of halogens is 1. The molecule has 5 rings (SSSR count). The van der Waals surface area contributed by atoms with Gasteiger partial charge in [-0.2, -0.15) is 0 Å². The van der Waals surface area contributed by atoms with E-state index >= 15 is 4.39 Å². The summed E-state index contributed by atoms with van der Waals surface area (Å²) in [5.41, 5.74) is -4.94. The van der Waals surface area contributed by atoms with Gasteiger partial charge in [0, 0.05) is 22.7 Å². The number of ether oxygens (including phenoxy) is 3. The second-order valence-corrected chi connectivity index (χ2v) is 12.7. The number of rotatable bonds is 7. The third-order valence-electron chi connectivity index (χ3n) is 10.7. The van der Waals surface area contributed by atoms with Crippen LogP contribution in [0.2, 0.25) is 0 Å². The molecule has 1 N–H and O–H groups in total. The van der Waals surface area contributed by atoms with Gasteiger partial charge in [0.05, 0.1) is 19.1 Å². The Morgan fingerprint density at radius 2 is 1.81 bits per heavy atom. The molecule has 4 aliphatic carbocycles. The molecule has 42 heavy (non-hydrogen) atoms. The number of benzene rings is 1. The average molecular weight is 583 g/mol. The van der Waals surface area contributed by atoms with E-state index in [-0.39, 0.29) is 25.2 Å². The number of Topliss-reactive ketones (excluding diaryl/α,β-unsaturated/α-hetero) is 1. The molecule has 0 spiro atoms. The number of allylic oxidation sites excluding steroid dienone is 4. The Morgan fingerprint density at radius 3 is 2.50 bits per heavy atom. The maximum atomic E-state index is 17.6. The van der Waals surface area contributed by atoms with Crippen molar-refractivity contribution in [3.63, 3.8) is 0 Å². The highest BCUT2D eigenvalue weighted by molar-refractivity contribution is 6.01. The maximum Gasteiger partial charge on any atom is 0.509 e. The predicted molar refractivity (Wildman–Crippen MR) is 150 cm³/mol. The van der Waals surface area contributed by atoms with Crippen LogP contribution in [0.1, 0.15) is 58.9 Å². The van der Waals surface area contributed by atoms with Crippen LogP contribution in [-0.2, 0) is 35.0 Å². The maximum absolute atomic E-state index is 17.6. The number of ketones is 2. The average Bonchev–Trinajstić information content (AvgIpc) is 3.15. The van der Waals surface area contributed by atoms with Crippen molar-refractivity contribution >= 4 is 23.7 Å². The van der Waals surface area contributed by atoms with Gasteiger partial charge in [-0.05, 0) is 63.2 Å². The van der Waals surface area contributed by atoms with Gasteiger partial charge in [-0.15, -0.1) is 0 Å². The minimum absolute atomic E-state index is 0.0149. The Labute approximate surface area is 245 Å². The highest BCUT2D eigenvalue weighted by atomic mass is 19.1. The first-order valence-corrected chi connectivity index (χ1v) is 14.7. The standard InChI is InChI=1S/C33H39FO8/c1-5-40-29(39)42-33(27(37)19-41-28(38)16-21-9-7-6-8-10-21)20(2)15-25-24-12-11-22-17-23(35)13-14-30(22,3)32(24,34)26(36)18-31(25,33)4/h6-10,13-14,17,20,24-26,36H,5,11-12,15-16,18-19H2,1-4H3/t20-,24+,25+,26+,30+,31+,32+,33+/m1/s1. The van der Waals surface area contributed by atoms with Crippen molar-refractivity contribution in [2.24, 2.45) is 28.6 Å². The molecule has 226 valence electrons. The van der Waals surface area contributed by atoms with Crippen LogP contribution in [0, 0.1) is 28.6 Å². The number of fused-ring (bicyclic) bond motifs is 5. The summed E-state index contributed by atoms with van der Waals surface area (Å²) in [5.74, 6) is -3.17. The van der Waals surface area contributed by atoms with Crippen molar-refractivity contribution in [1.29, 1.82) is 0 Å². The van der Waals surface area contributed by atoms with Crippen molar-refractivity contribution in [1.82, 2.24) is 0 Å². The second-order valence-electron chi connectivity index (χ2n) is 12.7. The smallest absolute Gasteiger partial charge is 0.457 e. The van der Waals surface area contributed by atoms with Crippen molar-refractivity contribution < 1.29 is 42.9 Å². The molecule has 0 amide bonds. The van der Waals surface area contributed by atoms with Gasteiger partial charge in [0.15, 0.2) is 23.7 Å². The topological polar surface area (TPSA) is 116 Å². The molecular formula is C33H39FO8. The lowest BCUT2D eigenvalue weighted by molar-refractivity contribution is -0.222. The number of hydrogen-bond donors (Lipinski definition) is 1. The number of aliphatic hydroxyl groups is 1. The summed E-state index contributed by atoms with van der Waals surface area (Å²) in [4.78, 5) is 51.8. The quantitative estimate of drug-likeness (QED) is 0.453. The van der Waals surface area contributed by atoms with E-state index in [1.54, 1.807) is 58.0 Å². The van der Waals surface area contributed by atoms with E-state index in [1.807, 2.05) is 6.07 Å². The normalized spacial score (nSPS) is 38.4. The molecule has 8 nitrogen and oxygen atoms in total. The van der Waals surface area contributed by atoms with Crippen LogP contribution in [-0.4, -0.2) is 59.4 Å². The fraction of sp³-hybridized carbons (Fsp3) is 0.576. The summed E-state index contributed by atoms with van der Waals surface area (Å²) in [6.07, 6.45) is 2.78. The Balaban J connectivity index is 1.49. The van der Waals surface area contributed by atoms with Gasteiger partial charge in [-0.25, -0.2) is 9.18 Å². The van der Waals surface area contributed by atoms with E-state index in [9.17, 15) is 24.3 Å². The van der Waals surface area contributed by atoms with Gasteiger partial charge in [0.25, 0.3) is 0 Å². The molecule has 9 heteroatoms. The molecule has 0 aliphatic heterocycles. The highest BCUT2D eigenvalue weighted by Crippen LogP contribution is 2.71. The number of hydrogen-bond acceptors (Lipinski definition) is 8. The lowest BCUT2D eigenvalue weighted by Gasteiger charge is -2.62. The van der Waals surface area contributed by atoms with Crippen LogP contribution in [0.4, 0.5) is 9.18 Å². The Hall–Kier alpha value is -3.33. The van der Waals surface area contributed by atoms with Crippen LogP contribution in [0.5, 0.6) is 0 Å². The molecule has 0 saturated heterocycles. The summed E-state index contributed by atoms with van der Waals surface area (Å²) < 4.78 is 34.0. The van der Waals surface area contributed by atoms with E-state index in [0.29, 0.717) is 24.8 Å². The summed E-state index contributed by atoms with van der Waals surface area (Å²) in [6.45, 7) is 6.24. The first-order chi connectivity index (χ1) is 19.8. The molecule has 3 saturated carbocycles. The van der Waals surface area contributed by atoms with Crippen molar-refractivity contribution in [2.45, 2.75) is 77.2 Å². The van der Waals surface area contributed by atoms with Crippen molar-refractivity contribution in [2.75, 3.05) is 13.2 Å². The molecule has 8 atom stereocenters. The molecular weight excluding hydrogens is 543 g/mol. The summed E-state index contributed by atoms with van der Waals surface area (Å²) >= 11 is 0. The minimum Gasteiger partial charge on any atom is -0.457 e. The fourth-order valence-corrected chi connectivity index (χ4v) is 8.74. The summed E-state index contributed by atoms with van der Waals surface area (Å²) in [7, 11) is 0. The van der Waals surface area contributed by atoms with Gasteiger partial charge in [-0.3, -0.25) is 14.4 Å². The first-order valence-electron chi connectivity index (χ1n) is 14.7. The molecule has 0 unspecified atom stereocenters. The van der Waals surface area contributed by atoms with Crippen LogP contribution in [0.15, 0.2) is 54.1 Å². The van der Waals surface area contributed by atoms with Gasteiger partial charge in [-0.1, -0.05) is 55.8 Å². The Morgan fingerprint density at radius 1 is 1.10 bits per heavy atom. The molecule has 0 bridgehead atoms. The van der Waals surface area contributed by atoms with Crippen molar-refractivity contribution in [3.8, 4) is 0 Å². The van der Waals surface area contributed by atoms with Gasteiger partial charge in [0.1, 0.15) is 0 Å². The van der Waals surface area contributed by atoms with Gasteiger partial charge < -0.3 is 19.3 Å². The zero-order valence-electron chi connectivity index (χ0n) is 24.6. The molecule has 0 aromatic heterocycles. The van der Waals surface area contributed by atoms with E-state index in [4.69, 9.17) is 14.2 Å². The molecule has 3 fully saturated rings. The van der Waals surface area contributed by atoms with E-state index < -0.39 is 70.5 Å². The largest absolute Gasteiger partial charge is 0.509 e. The van der Waals surface area contributed by atoms with Crippen molar-refractivity contribution in [3.05, 3.63) is 59.7 Å². The van der Waals surface area contributed by atoms with Gasteiger partial charge >= 0.3 is 12.1 Å². The number of carbonyl (C=O) groups is 4. The fourth-order valence-electron chi connectivity index (χ4n) is 8.74. The monoisotopic (exact) mass is 582 g/mol. The number of aliphatic hydroxyl groups excluding tert-OH is 1. The summed E-state index contributed by atoms with van der Waals surface area (Å²) in [6, 6.07) is 8.96. The Kier molecular flexibility index (Phi) is 7.71.